The molecule has 0 spiro atoms. The molecule has 0 radical (unpaired) electrons. The van der Waals surface area contributed by atoms with E-state index in [1.165, 1.54) is 0 Å². The summed E-state index contributed by atoms with van der Waals surface area (Å²) < 4.78 is 0. The molecule has 0 heterocycles. The molecule has 0 aromatic carbocycles. The number of nitrogens with one attached hydrogen (secondary N) is 2. The Morgan fingerprint density at radius 3 is 2.77 bits per heavy atom. The van der Waals surface area contributed by atoms with Gasteiger partial charge in [-0.3, -0.25) is 0 Å². The lowest BCUT2D eigenvalue weighted by atomic mass is 10.1. The molecule has 3 N–H and O–H groups in total. The standard InChI is InChI=1S/C8H14N2O2S/c1-9-7(13)5-2-3-6(4-5)10-8(11)12/h5-6,10H,2-4H2,1H3,(H,9,13)(H,11,12)/t5-,6-/m0/s1. The van der Waals surface area contributed by atoms with Gasteiger partial charge < -0.3 is 15.7 Å². The van der Waals surface area contributed by atoms with Gasteiger partial charge in [0.15, 0.2) is 0 Å². The minimum atomic E-state index is -0.943. The smallest absolute Gasteiger partial charge is 0.404 e. The summed E-state index contributed by atoms with van der Waals surface area (Å²) in [5, 5.41) is 13.9. The largest absolute Gasteiger partial charge is 0.465 e. The quantitative estimate of drug-likeness (QED) is 0.584. The maximum absolute atomic E-state index is 10.3. The van der Waals surface area contributed by atoms with Crippen LogP contribution in [0.15, 0.2) is 0 Å². The van der Waals surface area contributed by atoms with Gasteiger partial charge in [0.1, 0.15) is 0 Å². The molecule has 1 rings (SSSR count). The van der Waals surface area contributed by atoms with E-state index in [9.17, 15) is 4.79 Å². The Hall–Kier alpha value is -0.840. The normalized spacial score (nSPS) is 26.8. The van der Waals surface area contributed by atoms with Gasteiger partial charge in [0.2, 0.25) is 0 Å². The number of rotatable bonds is 2. The van der Waals surface area contributed by atoms with Crippen LogP contribution in [0.3, 0.4) is 0 Å². The summed E-state index contributed by atoms with van der Waals surface area (Å²) in [7, 11) is 1.81. The number of carbonyl (C=O) groups is 1. The van der Waals surface area contributed by atoms with Crippen LogP contribution in [-0.2, 0) is 0 Å². The van der Waals surface area contributed by atoms with Crippen LogP contribution in [0.4, 0.5) is 4.79 Å². The molecule has 0 saturated heterocycles. The van der Waals surface area contributed by atoms with E-state index in [0.29, 0.717) is 5.92 Å². The number of carboxylic acid groups (broad SMARTS) is 1. The summed E-state index contributed by atoms with van der Waals surface area (Å²) in [6.07, 6.45) is 1.75. The van der Waals surface area contributed by atoms with E-state index >= 15 is 0 Å². The molecule has 0 bridgehead atoms. The molecule has 2 atom stereocenters. The van der Waals surface area contributed by atoms with E-state index in [1.807, 2.05) is 0 Å². The molecule has 0 unspecified atom stereocenters. The second kappa shape index (κ2) is 4.41. The van der Waals surface area contributed by atoms with Crippen LogP contribution in [0, 0.1) is 5.92 Å². The molecule has 1 aliphatic rings. The fourth-order valence-corrected chi connectivity index (χ4v) is 1.94. The third-order valence-corrected chi connectivity index (χ3v) is 2.91. The zero-order valence-electron chi connectivity index (χ0n) is 7.54. The molecule has 4 nitrogen and oxygen atoms in total. The van der Waals surface area contributed by atoms with Crippen LogP contribution in [0.5, 0.6) is 0 Å². The minimum Gasteiger partial charge on any atom is -0.465 e. The van der Waals surface area contributed by atoms with E-state index in [0.717, 1.165) is 24.3 Å². The lowest BCUT2D eigenvalue weighted by Gasteiger charge is -2.11. The molecule has 13 heavy (non-hydrogen) atoms. The number of amides is 1. The van der Waals surface area contributed by atoms with Crippen LogP contribution in [-0.4, -0.2) is 29.3 Å². The van der Waals surface area contributed by atoms with E-state index < -0.39 is 6.09 Å². The molecular formula is C8H14N2O2S. The highest BCUT2D eigenvalue weighted by Gasteiger charge is 2.27. The maximum atomic E-state index is 10.3. The Kier molecular flexibility index (Phi) is 3.48. The predicted octanol–water partition coefficient (Wildman–Crippen LogP) is 0.969. The zero-order valence-corrected chi connectivity index (χ0v) is 8.36. The fourth-order valence-electron chi connectivity index (χ4n) is 1.73. The summed E-state index contributed by atoms with van der Waals surface area (Å²) in [6.45, 7) is 0. The molecular weight excluding hydrogens is 188 g/mol. The van der Waals surface area contributed by atoms with Crippen molar-refractivity contribution in [3.05, 3.63) is 0 Å². The summed E-state index contributed by atoms with van der Waals surface area (Å²) in [6, 6.07) is 0.0776. The first-order valence-corrected chi connectivity index (χ1v) is 4.75. The van der Waals surface area contributed by atoms with Crippen LogP contribution in [0.2, 0.25) is 0 Å². The molecule has 0 aromatic heterocycles. The van der Waals surface area contributed by atoms with Crippen molar-refractivity contribution in [2.75, 3.05) is 7.05 Å². The molecule has 5 heteroatoms. The average Bonchev–Trinajstić information content (AvgIpc) is 2.50. The molecule has 1 amide bonds. The van der Waals surface area contributed by atoms with Crippen LogP contribution in [0.1, 0.15) is 19.3 Å². The van der Waals surface area contributed by atoms with Gasteiger partial charge in [0.05, 0.1) is 4.99 Å². The molecule has 1 fully saturated rings. The molecule has 1 aliphatic carbocycles. The second-order valence-corrected chi connectivity index (χ2v) is 3.71. The van der Waals surface area contributed by atoms with Crippen molar-refractivity contribution in [1.29, 1.82) is 0 Å². The van der Waals surface area contributed by atoms with Gasteiger partial charge in [-0.2, -0.15) is 0 Å². The lowest BCUT2D eigenvalue weighted by Crippen LogP contribution is -2.32. The van der Waals surface area contributed by atoms with Crippen molar-refractivity contribution in [2.24, 2.45) is 5.92 Å². The molecule has 0 aliphatic heterocycles. The summed E-state index contributed by atoms with van der Waals surface area (Å²) >= 11 is 5.10. The minimum absolute atomic E-state index is 0.0776. The van der Waals surface area contributed by atoms with Crippen molar-refractivity contribution in [1.82, 2.24) is 10.6 Å². The zero-order chi connectivity index (χ0) is 9.84. The highest BCUT2D eigenvalue weighted by atomic mass is 32.1. The Morgan fingerprint density at radius 1 is 1.54 bits per heavy atom. The SMILES string of the molecule is CNC(=S)[C@H]1CC[C@H](NC(=O)O)C1. The molecule has 0 aromatic rings. The van der Waals surface area contributed by atoms with Crippen LogP contribution in [0.25, 0.3) is 0 Å². The molecule has 1 saturated carbocycles. The van der Waals surface area contributed by atoms with E-state index in [1.54, 1.807) is 7.05 Å². The third kappa shape index (κ3) is 2.84. The Morgan fingerprint density at radius 2 is 2.23 bits per heavy atom. The van der Waals surface area contributed by atoms with E-state index in [2.05, 4.69) is 10.6 Å². The number of hydrogen-bond donors (Lipinski definition) is 3. The van der Waals surface area contributed by atoms with Crippen molar-refractivity contribution >= 4 is 23.3 Å². The van der Waals surface area contributed by atoms with Crippen LogP contribution >= 0.6 is 12.2 Å². The molecule has 74 valence electrons. The van der Waals surface area contributed by atoms with Crippen molar-refractivity contribution in [3.63, 3.8) is 0 Å². The van der Waals surface area contributed by atoms with Crippen LogP contribution < -0.4 is 10.6 Å². The Labute approximate surface area is 82.7 Å². The van der Waals surface area contributed by atoms with Gasteiger partial charge >= 0.3 is 6.09 Å². The van der Waals surface area contributed by atoms with Crippen molar-refractivity contribution in [3.8, 4) is 0 Å². The summed E-state index contributed by atoms with van der Waals surface area (Å²) in [4.78, 5) is 11.2. The van der Waals surface area contributed by atoms with Gasteiger partial charge in [-0.05, 0) is 19.3 Å². The Balaban J connectivity index is 2.36. The van der Waals surface area contributed by atoms with Gasteiger partial charge in [0, 0.05) is 19.0 Å². The van der Waals surface area contributed by atoms with E-state index in [-0.39, 0.29) is 6.04 Å². The summed E-state index contributed by atoms with van der Waals surface area (Å²) in [5.74, 6) is 0.344. The Bertz CT molecular complexity index is 220. The first-order valence-electron chi connectivity index (χ1n) is 4.34. The topological polar surface area (TPSA) is 61.4 Å². The van der Waals surface area contributed by atoms with Gasteiger partial charge in [-0.1, -0.05) is 12.2 Å². The predicted molar refractivity (Wildman–Crippen MR) is 53.9 cm³/mol. The third-order valence-electron chi connectivity index (χ3n) is 2.38. The lowest BCUT2D eigenvalue weighted by molar-refractivity contribution is 0.190. The first-order chi connectivity index (χ1) is 6.13. The van der Waals surface area contributed by atoms with E-state index in [4.69, 9.17) is 17.3 Å². The average molecular weight is 202 g/mol. The number of thiocarbonyl (C=S) groups is 1. The second-order valence-electron chi connectivity index (χ2n) is 3.27. The maximum Gasteiger partial charge on any atom is 0.404 e. The monoisotopic (exact) mass is 202 g/mol. The van der Waals surface area contributed by atoms with Crippen molar-refractivity contribution in [2.45, 2.75) is 25.3 Å². The summed E-state index contributed by atoms with van der Waals surface area (Å²) in [5.41, 5.74) is 0. The van der Waals surface area contributed by atoms with Crippen molar-refractivity contribution < 1.29 is 9.90 Å². The van der Waals surface area contributed by atoms with Gasteiger partial charge in [-0.15, -0.1) is 0 Å². The first kappa shape index (κ1) is 10.2. The van der Waals surface area contributed by atoms with Gasteiger partial charge in [-0.25, -0.2) is 4.79 Å². The highest BCUT2D eigenvalue weighted by molar-refractivity contribution is 7.80. The fraction of sp³-hybridized carbons (Fsp3) is 0.750. The van der Waals surface area contributed by atoms with Gasteiger partial charge in [0.25, 0.3) is 0 Å². The number of hydrogen-bond acceptors (Lipinski definition) is 2. The highest BCUT2D eigenvalue weighted by Crippen LogP contribution is 2.26.